The maximum atomic E-state index is 8.87. The van der Waals surface area contributed by atoms with Gasteiger partial charge in [-0.2, -0.15) is 0 Å². The topological polar surface area (TPSA) is 80.9 Å². The Balaban J connectivity index is 2.40. The van der Waals surface area contributed by atoms with Crippen molar-refractivity contribution in [3.63, 3.8) is 0 Å². The summed E-state index contributed by atoms with van der Waals surface area (Å²) in [6.45, 7) is 0. The van der Waals surface area contributed by atoms with Crippen LogP contribution < -0.4 is 0 Å². The fourth-order valence-electron chi connectivity index (χ4n) is 1.81. The van der Waals surface area contributed by atoms with Crippen LogP contribution in [0.5, 0.6) is 0 Å². The first-order valence-electron chi connectivity index (χ1n) is 4.33. The highest BCUT2D eigenvalue weighted by atomic mass is 16.5. The van der Waals surface area contributed by atoms with Gasteiger partial charge in [-0.15, -0.1) is 0 Å². The molecule has 4 heteroatoms. The molecule has 0 aromatic heterocycles. The van der Waals surface area contributed by atoms with E-state index >= 15 is 0 Å². The normalized spacial score (nSPS) is 31.5. The number of aliphatic hydroxyl groups is 4. The molecule has 72 valence electrons. The summed E-state index contributed by atoms with van der Waals surface area (Å²) in [5.41, 5.74) is 0. The zero-order chi connectivity index (χ0) is 9.14. The third-order valence-electron chi connectivity index (χ3n) is 2.60. The van der Waals surface area contributed by atoms with Crippen molar-refractivity contribution in [1.82, 2.24) is 0 Å². The Labute approximate surface area is 71.5 Å². The van der Waals surface area contributed by atoms with Gasteiger partial charge in [0.15, 0.2) is 12.6 Å². The molecule has 1 aliphatic carbocycles. The second-order valence-electron chi connectivity index (χ2n) is 3.51. The lowest BCUT2D eigenvalue weighted by Crippen LogP contribution is -2.31. The Hall–Kier alpha value is -0.160. The second-order valence-corrected chi connectivity index (χ2v) is 3.51. The number of hydrogen-bond donors (Lipinski definition) is 4. The molecule has 1 rings (SSSR count). The molecule has 0 spiro atoms. The predicted molar refractivity (Wildman–Crippen MR) is 41.9 cm³/mol. The van der Waals surface area contributed by atoms with Gasteiger partial charge in [-0.05, 0) is 19.3 Å². The molecule has 0 amide bonds. The van der Waals surface area contributed by atoms with E-state index in [1.165, 1.54) is 0 Å². The van der Waals surface area contributed by atoms with E-state index in [4.69, 9.17) is 20.4 Å². The third-order valence-corrected chi connectivity index (χ3v) is 2.60. The van der Waals surface area contributed by atoms with Gasteiger partial charge in [-0.25, -0.2) is 0 Å². The first-order valence-corrected chi connectivity index (χ1v) is 4.33. The molecule has 0 aromatic rings. The molecule has 2 unspecified atom stereocenters. The summed E-state index contributed by atoms with van der Waals surface area (Å²) in [7, 11) is 0. The fourth-order valence-corrected chi connectivity index (χ4v) is 1.81. The van der Waals surface area contributed by atoms with Gasteiger partial charge in [0.25, 0.3) is 0 Å². The minimum absolute atomic E-state index is 0.189. The van der Waals surface area contributed by atoms with E-state index in [9.17, 15) is 0 Å². The SMILES string of the molecule is OC(O)C1CCCC(C(O)O)C1. The quantitative estimate of drug-likeness (QED) is 0.424. The van der Waals surface area contributed by atoms with Gasteiger partial charge in [0.1, 0.15) is 0 Å². The minimum Gasteiger partial charge on any atom is -0.368 e. The molecule has 1 saturated carbocycles. The van der Waals surface area contributed by atoms with Crippen molar-refractivity contribution in [2.24, 2.45) is 11.8 Å². The fraction of sp³-hybridized carbons (Fsp3) is 1.00. The van der Waals surface area contributed by atoms with Crippen molar-refractivity contribution < 1.29 is 20.4 Å². The average Bonchev–Trinajstić information content (AvgIpc) is 2.04. The summed E-state index contributed by atoms with van der Waals surface area (Å²) in [6.07, 6.45) is 0.236. The summed E-state index contributed by atoms with van der Waals surface area (Å²) < 4.78 is 0. The van der Waals surface area contributed by atoms with Gasteiger partial charge in [-0.3, -0.25) is 0 Å². The monoisotopic (exact) mass is 176 g/mol. The van der Waals surface area contributed by atoms with Crippen molar-refractivity contribution >= 4 is 0 Å². The summed E-state index contributed by atoms with van der Waals surface area (Å²) in [6, 6.07) is 0. The molecule has 4 N–H and O–H groups in total. The number of hydrogen-bond acceptors (Lipinski definition) is 4. The van der Waals surface area contributed by atoms with Gasteiger partial charge >= 0.3 is 0 Å². The standard InChI is InChI=1S/C8H16O4/c9-7(10)5-2-1-3-6(4-5)8(11)12/h5-12H,1-4H2. The second kappa shape index (κ2) is 4.18. The van der Waals surface area contributed by atoms with Crippen LogP contribution in [0.4, 0.5) is 0 Å². The van der Waals surface area contributed by atoms with Gasteiger partial charge in [0.2, 0.25) is 0 Å². The van der Waals surface area contributed by atoms with Crippen LogP contribution in [0.25, 0.3) is 0 Å². The predicted octanol–water partition coefficient (Wildman–Crippen LogP) is -0.586. The first-order chi connectivity index (χ1) is 5.61. The Morgan fingerprint density at radius 3 is 1.58 bits per heavy atom. The van der Waals surface area contributed by atoms with Gasteiger partial charge < -0.3 is 20.4 Å². The third kappa shape index (κ3) is 2.42. The highest BCUT2D eigenvalue weighted by Gasteiger charge is 2.29. The van der Waals surface area contributed by atoms with E-state index in [0.29, 0.717) is 6.42 Å². The molecule has 1 fully saturated rings. The van der Waals surface area contributed by atoms with Crippen LogP contribution in [-0.2, 0) is 0 Å². The van der Waals surface area contributed by atoms with Crippen LogP contribution in [0, 0.1) is 11.8 Å². The molecule has 0 bridgehead atoms. The van der Waals surface area contributed by atoms with E-state index in [-0.39, 0.29) is 11.8 Å². The van der Waals surface area contributed by atoms with Crippen molar-refractivity contribution in [1.29, 1.82) is 0 Å². The molecule has 0 heterocycles. The summed E-state index contributed by atoms with van der Waals surface area (Å²) >= 11 is 0. The molecule has 4 nitrogen and oxygen atoms in total. The van der Waals surface area contributed by atoms with Gasteiger partial charge in [0, 0.05) is 11.8 Å². The molecule has 0 aliphatic heterocycles. The van der Waals surface area contributed by atoms with E-state index in [2.05, 4.69) is 0 Å². The lowest BCUT2D eigenvalue weighted by Gasteiger charge is -2.30. The highest BCUT2D eigenvalue weighted by molar-refractivity contribution is 4.75. The Bertz CT molecular complexity index is 121. The lowest BCUT2D eigenvalue weighted by atomic mass is 9.81. The molecule has 1 aliphatic rings. The number of rotatable bonds is 2. The Morgan fingerprint density at radius 2 is 1.25 bits per heavy atom. The molecule has 12 heavy (non-hydrogen) atoms. The smallest absolute Gasteiger partial charge is 0.154 e. The molecule has 2 atom stereocenters. The average molecular weight is 176 g/mol. The van der Waals surface area contributed by atoms with Crippen LogP contribution >= 0.6 is 0 Å². The van der Waals surface area contributed by atoms with E-state index < -0.39 is 12.6 Å². The van der Waals surface area contributed by atoms with Crippen LogP contribution in [0.15, 0.2) is 0 Å². The van der Waals surface area contributed by atoms with Crippen LogP contribution in [-0.4, -0.2) is 33.0 Å². The Morgan fingerprint density at radius 1 is 0.833 bits per heavy atom. The molecular weight excluding hydrogens is 160 g/mol. The van der Waals surface area contributed by atoms with Crippen molar-refractivity contribution in [3.05, 3.63) is 0 Å². The lowest BCUT2D eigenvalue weighted by molar-refractivity contribution is -0.134. The zero-order valence-electron chi connectivity index (χ0n) is 6.93. The maximum Gasteiger partial charge on any atom is 0.154 e. The highest BCUT2D eigenvalue weighted by Crippen LogP contribution is 2.31. The summed E-state index contributed by atoms with van der Waals surface area (Å²) in [5.74, 6) is -0.379. The molecule has 0 radical (unpaired) electrons. The molecule has 0 saturated heterocycles. The summed E-state index contributed by atoms with van der Waals surface area (Å²) in [5, 5.41) is 35.5. The first kappa shape index (κ1) is 9.92. The Kier molecular flexibility index (Phi) is 3.46. The zero-order valence-corrected chi connectivity index (χ0v) is 6.93. The van der Waals surface area contributed by atoms with E-state index in [1.807, 2.05) is 0 Å². The van der Waals surface area contributed by atoms with E-state index in [0.717, 1.165) is 19.3 Å². The van der Waals surface area contributed by atoms with Crippen molar-refractivity contribution in [2.75, 3.05) is 0 Å². The van der Waals surface area contributed by atoms with E-state index in [1.54, 1.807) is 0 Å². The van der Waals surface area contributed by atoms with Crippen LogP contribution in [0.3, 0.4) is 0 Å². The minimum atomic E-state index is -1.31. The molecule has 0 aromatic carbocycles. The van der Waals surface area contributed by atoms with Crippen molar-refractivity contribution in [2.45, 2.75) is 38.3 Å². The van der Waals surface area contributed by atoms with Gasteiger partial charge in [-0.1, -0.05) is 6.42 Å². The molecular formula is C8H16O4. The number of aliphatic hydroxyl groups excluding tert-OH is 2. The largest absolute Gasteiger partial charge is 0.368 e. The van der Waals surface area contributed by atoms with Crippen LogP contribution in [0.2, 0.25) is 0 Å². The van der Waals surface area contributed by atoms with Gasteiger partial charge in [0.05, 0.1) is 0 Å². The van der Waals surface area contributed by atoms with Crippen LogP contribution in [0.1, 0.15) is 25.7 Å². The van der Waals surface area contributed by atoms with Crippen molar-refractivity contribution in [3.8, 4) is 0 Å². The maximum absolute atomic E-state index is 8.87. The summed E-state index contributed by atoms with van der Waals surface area (Å²) in [4.78, 5) is 0.